The molecule has 3 N–H and O–H groups in total. The molecule has 15 heavy (non-hydrogen) atoms. The summed E-state index contributed by atoms with van der Waals surface area (Å²) in [5, 5.41) is 2.98. The molecule has 1 amide bonds. The maximum atomic E-state index is 11.6. The van der Waals surface area contributed by atoms with Gasteiger partial charge in [-0.15, -0.1) is 0 Å². The van der Waals surface area contributed by atoms with E-state index in [1.54, 1.807) is 0 Å². The Morgan fingerprint density at radius 2 is 2.13 bits per heavy atom. The van der Waals surface area contributed by atoms with E-state index in [1.165, 1.54) is 0 Å². The number of hydrogen-bond acceptors (Lipinski definition) is 3. The Labute approximate surface area is 92.2 Å². The molecule has 0 saturated carbocycles. The van der Waals surface area contributed by atoms with Crippen molar-refractivity contribution in [3.8, 4) is 0 Å². The minimum Gasteiger partial charge on any atom is -0.353 e. The average Bonchev–Trinajstić information content (AvgIpc) is 2.21. The molecule has 1 saturated heterocycles. The van der Waals surface area contributed by atoms with Gasteiger partial charge >= 0.3 is 0 Å². The summed E-state index contributed by atoms with van der Waals surface area (Å²) in [5.41, 5.74) is 5.80. The third-order valence-electron chi connectivity index (χ3n) is 3.02. The zero-order valence-electron chi connectivity index (χ0n) is 9.83. The molecule has 1 fully saturated rings. The molecule has 4 heteroatoms. The minimum atomic E-state index is 0.139. The maximum Gasteiger partial charge on any atom is 0.234 e. The van der Waals surface area contributed by atoms with Gasteiger partial charge in [-0.05, 0) is 26.2 Å². The molecule has 0 radical (unpaired) electrons. The predicted molar refractivity (Wildman–Crippen MR) is 61.5 cm³/mol. The summed E-state index contributed by atoms with van der Waals surface area (Å²) in [7, 11) is 0. The van der Waals surface area contributed by atoms with Crippen LogP contribution in [-0.2, 0) is 4.79 Å². The van der Waals surface area contributed by atoms with E-state index < -0.39 is 0 Å². The van der Waals surface area contributed by atoms with Crippen LogP contribution in [0, 0.1) is 0 Å². The third kappa shape index (κ3) is 4.62. The van der Waals surface area contributed by atoms with Gasteiger partial charge in [0.2, 0.25) is 5.91 Å². The van der Waals surface area contributed by atoms with E-state index in [0.29, 0.717) is 12.6 Å². The standard InChI is InChI=1S/C11H23N3O/c1-3-9(2)13-11(15)8-14-6-4-10(12)5-7-14/h9-10H,3-8,12H2,1-2H3,(H,13,15). The molecule has 88 valence electrons. The van der Waals surface area contributed by atoms with Gasteiger partial charge in [-0.1, -0.05) is 6.92 Å². The Hall–Kier alpha value is -0.610. The third-order valence-corrected chi connectivity index (χ3v) is 3.02. The zero-order valence-corrected chi connectivity index (χ0v) is 9.83. The van der Waals surface area contributed by atoms with E-state index in [9.17, 15) is 4.79 Å². The Morgan fingerprint density at radius 1 is 1.53 bits per heavy atom. The first-order valence-corrected chi connectivity index (χ1v) is 5.89. The van der Waals surface area contributed by atoms with E-state index in [-0.39, 0.29) is 11.9 Å². The number of nitrogens with zero attached hydrogens (tertiary/aromatic N) is 1. The average molecular weight is 213 g/mol. The number of likely N-dealkylation sites (tertiary alicyclic amines) is 1. The van der Waals surface area contributed by atoms with Gasteiger partial charge in [0.05, 0.1) is 6.54 Å². The van der Waals surface area contributed by atoms with Crippen molar-refractivity contribution in [1.82, 2.24) is 10.2 Å². The molecular weight excluding hydrogens is 190 g/mol. The molecule has 1 rings (SSSR count). The fraction of sp³-hybridized carbons (Fsp3) is 0.909. The van der Waals surface area contributed by atoms with Crippen molar-refractivity contribution < 1.29 is 4.79 Å². The number of nitrogens with one attached hydrogen (secondary N) is 1. The van der Waals surface area contributed by atoms with Crippen molar-refractivity contribution in [2.75, 3.05) is 19.6 Å². The maximum absolute atomic E-state index is 11.6. The van der Waals surface area contributed by atoms with Crippen LogP contribution < -0.4 is 11.1 Å². The number of rotatable bonds is 4. The Morgan fingerprint density at radius 3 is 2.67 bits per heavy atom. The van der Waals surface area contributed by atoms with Crippen LogP contribution in [0.15, 0.2) is 0 Å². The molecule has 0 aromatic heterocycles. The lowest BCUT2D eigenvalue weighted by Crippen LogP contribution is -2.46. The lowest BCUT2D eigenvalue weighted by atomic mass is 10.1. The molecule has 1 aliphatic heterocycles. The summed E-state index contributed by atoms with van der Waals surface area (Å²) in [5.74, 6) is 0.139. The first kappa shape index (κ1) is 12.5. The Balaban J connectivity index is 2.20. The molecular formula is C11H23N3O. The van der Waals surface area contributed by atoms with Crippen LogP contribution in [0.2, 0.25) is 0 Å². The number of carbonyl (C=O) groups excluding carboxylic acids is 1. The van der Waals surface area contributed by atoms with Crippen LogP contribution in [0.3, 0.4) is 0 Å². The second kappa shape index (κ2) is 6.08. The summed E-state index contributed by atoms with van der Waals surface area (Å²) in [6.07, 6.45) is 3.00. The SMILES string of the molecule is CCC(C)NC(=O)CN1CCC(N)CC1. The van der Waals surface area contributed by atoms with Gasteiger partial charge in [-0.2, -0.15) is 0 Å². The van der Waals surface area contributed by atoms with Crippen molar-refractivity contribution in [3.05, 3.63) is 0 Å². The Kier molecular flexibility index (Phi) is 5.05. The minimum absolute atomic E-state index is 0.139. The van der Waals surface area contributed by atoms with Crippen LogP contribution >= 0.6 is 0 Å². The summed E-state index contributed by atoms with van der Waals surface area (Å²) < 4.78 is 0. The molecule has 1 unspecified atom stereocenters. The van der Waals surface area contributed by atoms with Gasteiger partial charge in [0, 0.05) is 25.2 Å². The van der Waals surface area contributed by atoms with Gasteiger partial charge in [0.1, 0.15) is 0 Å². The highest BCUT2D eigenvalue weighted by Crippen LogP contribution is 2.07. The van der Waals surface area contributed by atoms with Gasteiger partial charge in [-0.25, -0.2) is 0 Å². The summed E-state index contributed by atoms with van der Waals surface area (Å²) in [6.45, 7) is 6.54. The van der Waals surface area contributed by atoms with E-state index in [1.807, 2.05) is 6.92 Å². The van der Waals surface area contributed by atoms with E-state index in [0.717, 1.165) is 32.4 Å². The number of carbonyl (C=O) groups is 1. The summed E-state index contributed by atoms with van der Waals surface area (Å²) in [6, 6.07) is 0.614. The highest BCUT2D eigenvalue weighted by Gasteiger charge is 2.18. The first-order valence-electron chi connectivity index (χ1n) is 5.89. The van der Waals surface area contributed by atoms with E-state index in [4.69, 9.17) is 5.73 Å². The zero-order chi connectivity index (χ0) is 11.3. The smallest absolute Gasteiger partial charge is 0.234 e. The van der Waals surface area contributed by atoms with Crippen LogP contribution in [0.25, 0.3) is 0 Å². The molecule has 0 aromatic carbocycles. The van der Waals surface area contributed by atoms with Crippen molar-refractivity contribution >= 4 is 5.91 Å². The van der Waals surface area contributed by atoms with Crippen LogP contribution in [0.1, 0.15) is 33.1 Å². The summed E-state index contributed by atoms with van der Waals surface area (Å²) in [4.78, 5) is 13.8. The molecule has 4 nitrogen and oxygen atoms in total. The van der Waals surface area contributed by atoms with E-state index >= 15 is 0 Å². The largest absolute Gasteiger partial charge is 0.353 e. The van der Waals surface area contributed by atoms with Gasteiger partial charge < -0.3 is 11.1 Å². The molecule has 1 atom stereocenters. The highest BCUT2D eigenvalue weighted by atomic mass is 16.2. The van der Waals surface area contributed by atoms with Crippen molar-refractivity contribution in [2.24, 2.45) is 5.73 Å². The fourth-order valence-corrected chi connectivity index (χ4v) is 1.74. The Bertz CT molecular complexity index is 200. The second-order valence-electron chi connectivity index (χ2n) is 4.49. The summed E-state index contributed by atoms with van der Waals surface area (Å²) >= 11 is 0. The van der Waals surface area contributed by atoms with Gasteiger partial charge in [0.15, 0.2) is 0 Å². The van der Waals surface area contributed by atoms with E-state index in [2.05, 4.69) is 17.1 Å². The monoisotopic (exact) mass is 213 g/mol. The van der Waals surface area contributed by atoms with Crippen LogP contribution in [-0.4, -0.2) is 42.5 Å². The molecule has 0 bridgehead atoms. The molecule has 0 spiro atoms. The lowest BCUT2D eigenvalue weighted by molar-refractivity contribution is -0.123. The number of amides is 1. The van der Waals surface area contributed by atoms with Crippen LogP contribution in [0.4, 0.5) is 0 Å². The fourth-order valence-electron chi connectivity index (χ4n) is 1.74. The molecule has 0 aromatic rings. The predicted octanol–water partition coefficient (Wildman–Crippen LogP) is 0.324. The molecule has 1 aliphatic rings. The van der Waals surface area contributed by atoms with Crippen molar-refractivity contribution in [3.63, 3.8) is 0 Å². The van der Waals surface area contributed by atoms with Gasteiger partial charge in [0.25, 0.3) is 0 Å². The van der Waals surface area contributed by atoms with Gasteiger partial charge in [-0.3, -0.25) is 9.69 Å². The quantitative estimate of drug-likeness (QED) is 0.707. The van der Waals surface area contributed by atoms with Crippen LogP contribution in [0.5, 0.6) is 0 Å². The van der Waals surface area contributed by atoms with Crippen molar-refractivity contribution in [2.45, 2.75) is 45.2 Å². The van der Waals surface area contributed by atoms with Crippen molar-refractivity contribution in [1.29, 1.82) is 0 Å². The molecule has 1 heterocycles. The number of hydrogen-bond donors (Lipinski definition) is 2. The first-order chi connectivity index (χ1) is 7.11. The normalized spacial score (nSPS) is 21.3. The molecule has 0 aliphatic carbocycles. The lowest BCUT2D eigenvalue weighted by Gasteiger charge is -2.29. The number of piperidine rings is 1. The number of nitrogens with two attached hydrogens (primary N) is 1. The highest BCUT2D eigenvalue weighted by molar-refractivity contribution is 5.78. The second-order valence-corrected chi connectivity index (χ2v) is 4.49. The topological polar surface area (TPSA) is 58.4 Å².